The molecule has 1 heterocycles. The highest BCUT2D eigenvalue weighted by molar-refractivity contribution is 14.1. The summed E-state index contributed by atoms with van der Waals surface area (Å²) in [5.41, 5.74) is 1.15. The van der Waals surface area contributed by atoms with Gasteiger partial charge in [0.1, 0.15) is 17.4 Å². The predicted molar refractivity (Wildman–Crippen MR) is 90.1 cm³/mol. The number of hydrogen-bond donors (Lipinski definition) is 2. The Bertz CT molecular complexity index is 663. The Morgan fingerprint density at radius 3 is 2.38 bits per heavy atom. The number of nitrogens with zero attached hydrogens (tertiary/aromatic N) is 2. The van der Waals surface area contributed by atoms with Crippen LogP contribution in [0.2, 0.25) is 0 Å². The van der Waals surface area contributed by atoms with E-state index in [1.165, 1.54) is 12.1 Å². The van der Waals surface area contributed by atoms with Gasteiger partial charge in [0.05, 0.1) is 9.26 Å². The van der Waals surface area contributed by atoms with Gasteiger partial charge in [0.25, 0.3) is 0 Å². The molecule has 0 fully saturated rings. The molecule has 0 radical (unpaired) electrons. The summed E-state index contributed by atoms with van der Waals surface area (Å²) in [5, 5.41) is 12.6. The quantitative estimate of drug-likeness (QED) is 0.749. The van der Waals surface area contributed by atoms with E-state index in [0.717, 1.165) is 15.3 Å². The van der Waals surface area contributed by atoms with E-state index < -0.39 is 5.82 Å². The van der Waals surface area contributed by atoms with Gasteiger partial charge in [-0.2, -0.15) is 0 Å². The second kappa shape index (κ2) is 5.75. The normalized spacial score (nSPS) is 11.5. The summed E-state index contributed by atoms with van der Waals surface area (Å²) in [6, 6.07) is 3.82. The molecule has 112 valence electrons. The minimum absolute atomic E-state index is 0.143. The van der Waals surface area contributed by atoms with Crippen LogP contribution in [0.3, 0.4) is 0 Å². The molecule has 0 aliphatic carbocycles. The lowest BCUT2D eigenvalue weighted by Gasteiger charge is -2.21. The van der Waals surface area contributed by atoms with Gasteiger partial charge in [-0.15, -0.1) is 0 Å². The van der Waals surface area contributed by atoms with Crippen molar-refractivity contribution in [3.05, 3.63) is 33.3 Å². The fourth-order valence-electron chi connectivity index (χ4n) is 1.94. The monoisotopic (exact) mass is 401 g/mol. The van der Waals surface area contributed by atoms with Crippen LogP contribution in [0.25, 0.3) is 11.4 Å². The number of nitrogens with one attached hydrogen (secondary N) is 1. The zero-order chi connectivity index (χ0) is 15.8. The molecule has 0 amide bonds. The number of aromatic hydroxyl groups is 1. The standard InChI is InChI=1S/C15H17FIN3O/c1-15(2,3)12-11(17)14(18-4)20-13(19-12)8-5-9(16)7-10(21)6-8/h5-7,21H,1-4H3,(H,18,19,20). The summed E-state index contributed by atoms with van der Waals surface area (Å²) in [7, 11) is 1.78. The van der Waals surface area contributed by atoms with Crippen LogP contribution in [0.5, 0.6) is 5.75 Å². The van der Waals surface area contributed by atoms with Crippen LogP contribution in [-0.2, 0) is 5.41 Å². The van der Waals surface area contributed by atoms with Crippen LogP contribution in [0.1, 0.15) is 26.5 Å². The third kappa shape index (κ3) is 3.42. The molecule has 0 spiro atoms. The molecule has 0 bridgehead atoms. The van der Waals surface area contributed by atoms with E-state index in [1.807, 2.05) is 0 Å². The maximum atomic E-state index is 13.5. The fraction of sp³-hybridized carbons (Fsp3) is 0.333. The van der Waals surface area contributed by atoms with Crippen LogP contribution in [0, 0.1) is 9.39 Å². The van der Waals surface area contributed by atoms with Gasteiger partial charge in [-0.05, 0) is 34.7 Å². The summed E-state index contributed by atoms with van der Waals surface area (Å²) >= 11 is 2.20. The van der Waals surface area contributed by atoms with Crippen LogP contribution in [0.4, 0.5) is 10.2 Å². The minimum Gasteiger partial charge on any atom is -0.508 e. The van der Waals surface area contributed by atoms with E-state index in [0.29, 0.717) is 17.2 Å². The second-order valence-corrected chi connectivity index (χ2v) is 6.84. The Morgan fingerprint density at radius 2 is 1.86 bits per heavy atom. The molecule has 6 heteroatoms. The van der Waals surface area contributed by atoms with E-state index in [1.54, 1.807) is 7.05 Å². The molecule has 2 rings (SSSR count). The van der Waals surface area contributed by atoms with Gasteiger partial charge in [0.2, 0.25) is 0 Å². The van der Waals surface area contributed by atoms with Crippen molar-refractivity contribution in [1.82, 2.24) is 9.97 Å². The zero-order valence-corrected chi connectivity index (χ0v) is 14.5. The van der Waals surface area contributed by atoms with Crippen molar-refractivity contribution < 1.29 is 9.50 Å². The van der Waals surface area contributed by atoms with Crippen molar-refractivity contribution in [1.29, 1.82) is 0 Å². The van der Waals surface area contributed by atoms with E-state index in [2.05, 4.69) is 58.6 Å². The highest BCUT2D eigenvalue weighted by Crippen LogP contribution is 2.32. The average Bonchev–Trinajstić information content (AvgIpc) is 2.36. The topological polar surface area (TPSA) is 58.0 Å². The number of phenolic OH excluding ortho intramolecular Hbond substituents is 1. The molecule has 0 aliphatic rings. The number of aromatic nitrogens is 2. The molecule has 0 saturated carbocycles. The van der Waals surface area contributed by atoms with Gasteiger partial charge in [0.15, 0.2) is 5.82 Å². The smallest absolute Gasteiger partial charge is 0.162 e. The SMILES string of the molecule is CNc1nc(-c2cc(O)cc(F)c2)nc(C(C)(C)C)c1I. The third-order valence-corrected chi connectivity index (χ3v) is 3.96. The van der Waals surface area contributed by atoms with Gasteiger partial charge in [-0.25, -0.2) is 14.4 Å². The highest BCUT2D eigenvalue weighted by Gasteiger charge is 2.23. The third-order valence-electron chi connectivity index (χ3n) is 2.94. The molecule has 0 aliphatic heterocycles. The lowest BCUT2D eigenvalue weighted by atomic mass is 9.91. The summed E-state index contributed by atoms with van der Waals surface area (Å²) in [5.74, 6) is 0.416. The van der Waals surface area contributed by atoms with Crippen LogP contribution in [0.15, 0.2) is 18.2 Å². The van der Waals surface area contributed by atoms with E-state index >= 15 is 0 Å². The van der Waals surface area contributed by atoms with Crippen molar-refractivity contribution in [3.63, 3.8) is 0 Å². The lowest BCUT2D eigenvalue weighted by Crippen LogP contribution is -2.18. The highest BCUT2D eigenvalue weighted by atomic mass is 127. The van der Waals surface area contributed by atoms with Crippen molar-refractivity contribution in [3.8, 4) is 17.1 Å². The number of benzene rings is 1. The Balaban J connectivity index is 2.69. The number of hydrogen-bond acceptors (Lipinski definition) is 4. The number of anilines is 1. The Labute approximate surface area is 137 Å². The fourth-order valence-corrected chi connectivity index (χ4v) is 3.26. The zero-order valence-electron chi connectivity index (χ0n) is 12.3. The van der Waals surface area contributed by atoms with Gasteiger partial charge in [-0.3, -0.25) is 0 Å². The predicted octanol–water partition coefficient (Wildman–Crippen LogP) is 3.93. The molecule has 0 unspecified atom stereocenters. The molecule has 2 N–H and O–H groups in total. The van der Waals surface area contributed by atoms with E-state index in [-0.39, 0.29) is 11.2 Å². The summed E-state index contributed by atoms with van der Waals surface area (Å²) < 4.78 is 14.4. The average molecular weight is 401 g/mol. The molecule has 21 heavy (non-hydrogen) atoms. The first-order valence-electron chi connectivity index (χ1n) is 6.48. The first kappa shape index (κ1) is 15.9. The Morgan fingerprint density at radius 1 is 1.19 bits per heavy atom. The Kier molecular flexibility index (Phi) is 4.36. The van der Waals surface area contributed by atoms with Gasteiger partial charge in [-0.1, -0.05) is 20.8 Å². The van der Waals surface area contributed by atoms with Gasteiger partial charge < -0.3 is 10.4 Å². The molecular weight excluding hydrogens is 384 g/mol. The van der Waals surface area contributed by atoms with Gasteiger partial charge >= 0.3 is 0 Å². The maximum Gasteiger partial charge on any atom is 0.162 e. The van der Waals surface area contributed by atoms with Crippen molar-refractivity contribution in [2.24, 2.45) is 0 Å². The number of rotatable bonds is 2. The van der Waals surface area contributed by atoms with Crippen molar-refractivity contribution >= 4 is 28.4 Å². The summed E-state index contributed by atoms with van der Waals surface area (Å²) in [6.07, 6.45) is 0. The Hall–Kier alpha value is -1.44. The number of halogens is 2. The summed E-state index contributed by atoms with van der Waals surface area (Å²) in [4.78, 5) is 8.98. The van der Waals surface area contributed by atoms with Crippen LogP contribution in [-0.4, -0.2) is 22.1 Å². The molecule has 0 atom stereocenters. The first-order valence-corrected chi connectivity index (χ1v) is 7.56. The van der Waals surface area contributed by atoms with Crippen molar-refractivity contribution in [2.75, 3.05) is 12.4 Å². The van der Waals surface area contributed by atoms with Crippen LogP contribution < -0.4 is 5.32 Å². The van der Waals surface area contributed by atoms with E-state index in [4.69, 9.17) is 0 Å². The molecule has 4 nitrogen and oxygen atoms in total. The van der Waals surface area contributed by atoms with Crippen LogP contribution >= 0.6 is 22.6 Å². The molecule has 2 aromatic rings. The second-order valence-electron chi connectivity index (χ2n) is 5.76. The lowest BCUT2D eigenvalue weighted by molar-refractivity contribution is 0.469. The molecule has 1 aromatic carbocycles. The van der Waals surface area contributed by atoms with Crippen molar-refractivity contribution in [2.45, 2.75) is 26.2 Å². The minimum atomic E-state index is -0.518. The van der Waals surface area contributed by atoms with E-state index in [9.17, 15) is 9.50 Å². The molecule has 1 aromatic heterocycles. The number of phenols is 1. The largest absolute Gasteiger partial charge is 0.508 e. The van der Waals surface area contributed by atoms with Gasteiger partial charge in [0, 0.05) is 24.1 Å². The molecular formula is C15H17FIN3O. The summed E-state index contributed by atoms with van der Waals surface area (Å²) in [6.45, 7) is 6.18. The first-order chi connectivity index (χ1) is 9.72. The molecule has 0 saturated heterocycles. The maximum absolute atomic E-state index is 13.5.